The van der Waals surface area contributed by atoms with Crippen molar-refractivity contribution >= 4 is 23.4 Å². The zero-order chi connectivity index (χ0) is 18.5. The monoisotopic (exact) mass is 371 g/mol. The van der Waals surface area contributed by atoms with E-state index in [4.69, 9.17) is 4.74 Å². The van der Waals surface area contributed by atoms with Gasteiger partial charge in [0.15, 0.2) is 5.16 Å². The molecule has 1 N–H and O–H groups in total. The predicted octanol–water partition coefficient (Wildman–Crippen LogP) is 3.97. The van der Waals surface area contributed by atoms with Crippen molar-refractivity contribution in [3.63, 3.8) is 0 Å². The fourth-order valence-corrected chi connectivity index (χ4v) is 3.20. The molecule has 26 heavy (non-hydrogen) atoms. The van der Waals surface area contributed by atoms with Gasteiger partial charge >= 0.3 is 0 Å². The van der Waals surface area contributed by atoms with Crippen molar-refractivity contribution in [2.75, 3.05) is 18.2 Å². The van der Waals surface area contributed by atoms with Crippen molar-refractivity contribution in [2.24, 2.45) is 7.05 Å². The van der Waals surface area contributed by atoms with Gasteiger partial charge in [0.25, 0.3) is 0 Å². The van der Waals surface area contributed by atoms with Crippen LogP contribution in [0.25, 0.3) is 11.3 Å². The van der Waals surface area contributed by atoms with Gasteiger partial charge in [-0.2, -0.15) is 0 Å². The lowest BCUT2D eigenvalue weighted by Crippen LogP contribution is -2.14. The van der Waals surface area contributed by atoms with Crippen LogP contribution in [0.5, 0.6) is 5.75 Å². The minimum atomic E-state index is -0.385. The summed E-state index contributed by atoms with van der Waals surface area (Å²) in [6.45, 7) is 0. The molecule has 0 atom stereocenters. The third kappa shape index (κ3) is 4.23. The fourth-order valence-electron chi connectivity index (χ4n) is 2.45. The number of hydrogen-bond acceptors (Lipinski definition) is 4. The molecule has 0 unspecified atom stereocenters. The van der Waals surface area contributed by atoms with Gasteiger partial charge in [0.2, 0.25) is 5.91 Å². The van der Waals surface area contributed by atoms with Crippen LogP contribution in [0.4, 0.5) is 10.1 Å². The van der Waals surface area contributed by atoms with Crippen molar-refractivity contribution in [3.8, 4) is 17.0 Å². The van der Waals surface area contributed by atoms with Crippen molar-refractivity contribution < 1.29 is 13.9 Å². The van der Waals surface area contributed by atoms with Gasteiger partial charge in [0.1, 0.15) is 11.6 Å². The Balaban J connectivity index is 1.63. The molecule has 0 aliphatic heterocycles. The number of amides is 1. The van der Waals surface area contributed by atoms with E-state index < -0.39 is 0 Å². The second-order valence-corrected chi connectivity index (χ2v) is 6.50. The summed E-state index contributed by atoms with van der Waals surface area (Å²) in [7, 11) is 3.53. The van der Waals surface area contributed by atoms with Crippen molar-refractivity contribution in [1.82, 2.24) is 9.55 Å². The normalized spacial score (nSPS) is 10.6. The lowest BCUT2D eigenvalue weighted by Gasteiger charge is -2.07. The second-order valence-electron chi connectivity index (χ2n) is 5.56. The fraction of sp³-hybridized carbons (Fsp3) is 0.158. The smallest absolute Gasteiger partial charge is 0.234 e. The molecule has 134 valence electrons. The first kappa shape index (κ1) is 18.0. The summed E-state index contributed by atoms with van der Waals surface area (Å²) in [5.41, 5.74) is 2.40. The molecule has 1 amide bonds. The third-order valence-electron chi connectivity index (χ3n) is 3.77. The van der Waals surface area contributed by atoms with Crippen LogP contribution in [0.2, 0.25) is 0 Å². The molecule has 1 heterocycles. The zero-order valence-corrected chi connectivity index (χ0v) is 15.2. The highest BCUT2D eigenvalue weighted by Crippen LogP contribution is 2.26. The number of benzene rings is 2. The Kier molecular flexibility index (Phi) is 5.58. The number of carbonyl (C=O) groups excluding carboxylic acids is 1. The number of carbonyl (C=O) groups is 1. The van der Waals surface area contributed by atoms with Gasteiger partial charge in [-0.25, -0.2) is 9.37 Å². The number of imidazole rings is 1. The number of aromatic nitrogens is 2. The predicted molar refractivity (Wildman–Crippen MR) is 101 cm³/mol. The molecule has 5 nitrogen and oxygen atoms in total. The summed E-state index contributed by atoms with van der Waals surface area (Å²) in [6, 6.07) is 13.5. The van der Waals surface area contributed by atoms with E-state index in [2.05, 4.69) is 10.3 Å². The maximum atomic E-state index is 13.2. The average molecular weight is 371 g/mol. The summed E-state index contributed by atoms with van der Waals surface area (Å²) in [6.07, 6.45) is 1.77. The molecule has 7 heteroatoms. The first-order chi connectivity index (χ1) is 12.6. The molecular weight excluding hydrogens is 353 g/mol. The molecule has 0 aliphatic carbocycles. The largest absolute Gasteiger partial charge is 0.497 e. The Morgan fingerprint density at radius 2 is 2.04 bits per heavy atom. The Hall–Kier alpha value is -2.80. The molecule has 3 rings (SSSR count). The van der Waals surface area contributed by atoms with Crippen molar-refractivity contribution in [3.05, 3.63) is 60.5 Å². The minimum Gasteiger partial charge on any atom is -0.497 e. The maximum absolute atomic E-state index is 13.2. The summed E-state index contributed by atoms with van der Waals surface area (Å²) < 4.78 is 20.3. The maximum Gasteiger partial charge on any atom is 0.234 e. The quantitative estimate of drug-likeness (QED) is 0.666. The van der Waals surface area contributed by atoms with E-state index in [1.54, 1.807) is 25.4 Å². The van der Waals surface area contributed by atoms with Gasteiger partial charge < -0.3 is 14.6 Å². The molecule has 0 saturated carbocycles. The van der Waals surface area contributed by atoms with Gasteiger partial charge in [-0.05, 0) is 42.5 Å². The Morgan fingerprint density at radius 1 is 1.27 bits per heavy atom. The number of nitrogens with one attached hydrogen (secondary N) is 1. The van der Waals surface area contributed by atoms with Gasteiger partial charge in [-0.1, -0.05) is 17.8 Å². The number of rotatable bonds is 6. The first-order valence-electron chi connectivity index (χ1n) is 7.91. The molecule has 2 aromatic carbocycles. The number of anilines is 1. The van der Waals surface area contributed by atoms with Crippen molar-refractivity contribution in [2.45, 2.75) is 5.16 Å². The molecule has 0 spiro atoms. The molecule has 3 aromatic rings. The first-order valence-corrected chi connectivity index (χ1v) is 8.90. The molecule has 0 saturated heterocycles. The van der Waals surface area contributed by atoms with E-state index in [0.717, 1.165) is 22.2 Å². The molecule has 0 radical (unpaired) electrons. The zero-order valence-electron chi connectivity index (χ0n) is 14.4. The van der Waals surface area contributed by atoms with Crippen LogP contribution < -0.4 is 10.1 Å². The Labute approximate surface area is 155 Å². The Bertz CT molecular complexity index is 909. The van der Waals surface area contributed by atoms with E-state index in [1.807, 2.05) is 35.9 Å². The number of hydrogen-bond donors (Lipinski definition) is 1. The molecule has 0 fully saturated rings. The number of thioether (sulfide) groups is 1. The molecule has 0 bridgehead atoms. The van der Waals surface area contributed by atoms with Crippen molar-refractivity contribution in [1.29, 1.82) is 0 Å². The summed E-state index contributed by atoms with van der Waals surface area (Å²) in [5.74, 6) is 0.376. The highest BCUT2D eigenvalue weighted by Gasteiger charge is 2.11. The van der Waals surface area contributed by atoms with E-state index in [-0.39, 0.29) is 17.5 Å². The van der Waals surface area contributed by atoms with Crippen LogP contribution in [0.15, 0.2) is 59.9 Å². The number of methoxy groups -OCH3 is 1. The molecule has 1 aromatic heterocycles. The van der Waals surface area contributed by atoms with Crippen LogP contribution in [0.1, 0.15) is 0 Å². The van der Waals surface area contributed by atoms with Crippen LogP contribution in [0, 0.1) is 5.82 Å². The number of ether oxygens (including phenoxy) is 1. The van der Waals surface area contributed by atoms with E-state index >= 15 is 0 Å². The van der Waals surface area contributed by atoms with Gasteiger partial charge in [0, 0.05) is 18.3 Å². The summed E-state index contributed by atoms with van der Waals surface area (Å²) in [4.78, 5) is 16.4. The van der Waals surface area contributed by atoms with Crippen LogP contribution in [-0.2, 0) is 11.8 Å². The highest BCUT2D eigenvalue weighted by atomic mass is 32.2. The van der Waals surface area contributed by atoms with E-state index in [1.165, 1.54) is 23.9 Å². The van der Waals surface area contributed by atoms with Gasteiger partial charge in [-0.15, -0.1) is 0 Å². The molecule has 0 aliphatic rings. The SMILES string of the molecule is COc1ccc(-c2cnc(SCC(=O)Nc3cccc(F)c3)n2C)cc1. The highest BCUT2D eigenvalue weighted by molar-refractivity contribution is 7.99. The second kappa shape index (κ2) is 8.05. The lowest BCUT2D eigenvalue weighted by molar-refractivity contribution is -0.113. The topological polar surface area (TPSA) is 56.1 Å². The average Bonchev–Trinajstić information content (AvgIpc) is 3.01. The standard InChI is InChI=1S/C19H18FN3O2S/c1-23-17(13-6-8-16(25-2)9-7-13)11-21-19(23)26-12-18(24)22-15-5-3-4-14(20)10-15/h3-11H,12H2,1-2H3,(H,22,24). The van der Waals surface area contributed by atoms with E-state index in [0.29, 0.717) is 5.69 Å². The van der Waals surface area contributed by atoms with Crippen LogP contribution in [0.3, 0.4) is 0 Å². The van der Waals surface area contributed by atoms with E-state index in [9.17, 15) is 9.18 Å². The minimum absolute atomic E-state index is 0.184. The van der Waals surface area contributed by atoms with Gasteiger partial charge in [0.05, 0.1) is 24.8 Å². The molecular formula is C19H18FN3O2S. The van der Waals surface area contributed by atoms with Crippen LogP contribution in [-0.4, -0.2) is 28.3 Å². The van der Waals surface area contributed by atoms with Gasteiger partial charge in [-0.3, -0.25) is 4.79 Å². The Morgan fingerprint density at radius 3 is 2.73 bits per heavy atom. The summed E-state index contributed by atoms with van der Waals surface area (Å²) in [5, 5.41) is 3.40. The third-order valence-corrected chi connectivity index (χ3v) is 4.82. The number of halogens is 1. The van der Waals surface area contributed by atoms with Crippen LogP contribution >= 0.6 is 11.8 Å². The number of nitrogens with zero attached hydrogens (tertiary/aromatic N) is 2. The summed E-state index contributed by atoms with van der Waals surface area (Å²) >= 11 is 1.32. The lowest BCUT2D eigenvalue weighted by atomic mass is 10.1.